The van der Waals surface area contributed by atoms with Crippen molar-refractivity contribution in [2.75, 3.05) is 6.54 Å². The first-order valence-corrected chi connectivity index (χ1v) is 10.2. The van der Waals surface area contributed by atoms with Crippen LogP contribution in [0.2, 0.25) is 0 Å². The van der Waals surface area contributed by atoms with Crippen LogP contribution >= 0.6 is 0 Å². The fourth-order valence-corrected chi connectivity index (χ4v) is 3.37. The molecule has 3 N–H and O–H groups in total. The first-order valence-electron chi connectivity index (χ1n) is 10.2. The number of para-hydroxylation sites is 1. The van der Waals surface area contributed by atoms with E-state index in [0.29, 0.717) is 16.5 Å². The van der Waals surface area contributed by atoms with E-state index in [4.69, 9.17) is 5.11 Å². The lowest BCUT2D eigenvalue weighted by Gasteiger charge is -2.30. The second-order valence-corrected chi connectivity index (χ2v) is 8.66. The third-order valence-electron chi connectivity index (χ3n) is 5.01. The highest BCUT2D eigenvalue weighted by atomic mass is 19.2. The van der Waals surface area contributed by atoms with Crippen molar-refractivity contribution in [2.45, 2.75) is 33.4 Å². The molecule has 0 fully saturated rings. The standard InChI is InChI=1S/C23H24F2N4O4/c1-23(2,3)20(22(33)26-11-18(30)31)27-21(32)19-14-6-4-5-7-17(14)29(28-19)12-13-8-9-15(24)16(25)10-13/h4-10,20H,11-12H2,1-3H3,(H,26,33)(H,27,32)(H,30,31). The molecule has 0 spiro atoms. The molecule has 2 amide bonds. The Kier molecular flexibility index (Phi) is 6.75. The van der Waals surface area contributed by atoms with Gasteiger partial charge >= 0.3 is 5.97 Å². The smallest absolute Gasteiger partial charge is 0.322 e. The molecule has 0 aliphatic rings. The van der Waals surface area contributed by atoms with Gasteiger partial charge in [-0.25, -0.2) is 8.78 Å². The van der Waals surface area contributed by atoms with Gasteiger partial charge in [0.2, 0.25) is 5.91 Å². The summed E-state index contributed by atoms with van der Waals surface area (Å²) in [4.78, 5) is 36.5. The van der Waals surface area contributed by atoms with Crippen LogP contribution in [0.1, 0.15) is 36.8 Å². The number of carboxylic acids is 1. The average Bonchev–Trinajstić information content (AvgIpc) is 3.10. The first-order chi connectivity index (χ1) is 15.5. The second-order valence-electron chi connectivity index (χ2n) is 8.66. The van der Waals surface area contributed by atoms with Crippen molar-refractivity contribution in [2.24, 2.45) is 5.41 Å². The van der Waals surface area contributed by atoms with Gasteiger partial charge in [0.1, 0.15) is 12.6 Å². The topological polar surface area (TPSA) is 113 Å². The summed E-state index contributed by atoms with van der Waals surface area (Å²) in [6.07, 6.45) is 0. The van der Waals surface area contributed by atoms with Crippen LogP contribution in [0.3, 0.4) is 0 Å². The quantitative estimate of drug-likeness (QED) is 0.504. The van der Waals surface area contributed by atoms with E-state index in [9.17, 15) is 23.2 Å². The Bertz CT molecular complexity index is 1220. The number of carboxylic acid groups (broad SMARTS) is 1. The van der Waals surface area contributed by atoms with E-state index in [2.05, 4.69) is 15.7 Å². The summed E-state index contributed by atoms with van der Waals surface area (Å²) >= 11 is 0. The van der Waals surface area contributed by atoms with E-state index in [1.807, 2.05) is 0 Å². The van der Waals surface area contributed by atoms with Gasteiger partial charge < -0.3 is 15.7 Å². The minimum absolute atomic E-state index is 0.0495. The summed E-state index contributed by atoms with van der Waals surface area (Å²) in [6, 6.07) is 9.39. The van der Waals surface area contributed by atoms with Gasteiger partial charge in [0.15, 0.2) is 17.3 Å². The van der Waals surface area contributed by atoms with Gasteiger partial charge in [-0.3, -0.25) is 19.1 Å². The van der Waals surface area contributed by atoms with Crippen molar-refractivity contribution in [1.82, 2.24) is 20.4 Å². The molecule has 3 rings (SSSR count). The van der Waals surface area contributed by atoms with Crippen molar-refractivity contribution in [1.29, 1.82) is 0 Å². The van der Waals surface area contributed by atoms with E-state index >= 15 is 0 Å². The van der Waals surface area contributed by atoms with Crippen molar-refractivity contribution in [3.05, 3.63) is 65.4 Å². The summed E-state index contributed by atoms with van der Waals surface area (Å²) in [5.41, 5.74) is 0.376. The summed E-state index contributed by atoms with van der Waals surface area (Å²) in [6.45, 7) is 4.72. The van der Waals surface area contributed by atoms with Gasteiger partial charge in [0, 0.05) is 5.39 Å². The number of benzene rings is 2. The Morgan fingerprint density at radius 3 is 2.42 bits per heavy atom. The van der Waals surface area contributed by atoms with Crippen LogP contribution in [0.25, 0.3) is 10.9 Å². The number of fused-ring (bicyclic) bond motifs is 1. The molecule has 8 nitrogen and oxygen atoms in total. The zero-order valence-electron chi connectivity index (χ0n) is 18.4. The van der Waals surface area contributed by atoms with E-state index in [1.54, 1.807) is 45.0 Å². The van der Waals surface area contributed by atoms with Gasteiger partial charge in [-0.1, -0.05) is 45.0 Å². The lowest BCUT2D eigenvalue weighted by atomic mass is 9.86. The lowest BCUT2D eigenvalue weighted by Crippen LogP contribution is -2.54. The van der Waals surface area contributed by atoms with Gasteiger partial charge in [0.25, 0.3) is 5.91 Å². The van der Waals surface area contributed by atoms with E-state index in [-0.39, 0.29) is 12.2 Å². The average molecular weight is 458 g/mol. The second kappa shape index (κ2) is 9.35. The maximum absolute atomic E-state index is 13.6. The number of aliphatic carboxylic acids is 1. The number of nitrogens with one attached hydrogen (secondary N) is 2. The van der Waals surface area contributed by atoms with Crippen LogP contribution in [0.15, 0.2) is 42.5 Å². The molecule has 2 aromatic carbocycles. The van der Waals surface area contributed by atoms with Crippen LogP contribution in [0.5, 0.6) is 0 Å². The number of aromatic nitrogens is 2. The van der Waals surface area contributed by atoms with Crippen molar-refractivity contribution >= 4 is 28.7 Å². The number of nitrogens with zero attached hydrogens (tertiary/aromatic N) is 2. The highest BCUT2D eigenvalue weighted by Crippen LogP contribution is 2.23. The van der Waals surface area contributed by atoms with Crippen LogP contribution < -0.4 is 10.6 Å². The number of halogens is 2. The number of carbonyl (C=O) groups excluding carboxylic acids is 2. The minimum atomic E-state index is -1.20. The predicted octanol–water partition coefficient (Wildman–Crippen LogP) is 2.71. The number of carbonyl (C=O) groups is 3. The lowest BCUT2D eigenvalue weighted by molar-refractivity contribution is -0.138. The zero-order valence-corrected chi connectivity index (χ0v) is 18.4. The highest BCUT2D eigenvalue weighted by Gasteiger charge is 2.34. The Labute approximate surface area is 188 Å². The minimum Gasteiger partial charge on any atom is -0.480 e. The molecular formula is C23H24F2N4O4. The first kappa shape index (κ1) is 23.8. The number of amides is 2. The zero-order chi connectivity index (χ0) is 24.3. The van der Waals surface area contributed by atoms with Crippen molar-refractivity contribution in [3.8, 4) is 0 Å². The number of rotatable bonds is 7. The molecule has 1 unspecified atom stereocenters. The third kappa shape index (κ3) is 5.51. The van der Waals surface area contributed by atoms with Crippen LogP contribution in [-0.2, 0) is 16.1 Å². The number of hydrogen-bond acceptors (Lipinski definition) is 4. The molecule has 0 saturated heterocycles. The monoisotopic (exact) mass is 458 g/mol. The van der Waals surface area contributed by atoms with Crippen molar-refractivity contribution in [3.63, 3.8) is 0 Å². The van der Waals surface area contributed by atoms with Gasteiger partial charge in [-0.2, -0.15) is 5.10 Å². The largest absolute Gasteiger partial charge is 0.480 e. The highest BCUT2D eigenvalue weighted by molar-refractivity contribution is 6.06. The molecule has 174 valence electrons. The molecule has 33 heavy (non-hydrogen) atoms. The van der Waals surface area contributed by atoms with Crippen LogP contribution in [0.4, 0.5) is 8.78 Å². The Balaban J connectivity index is 1.92. The summed E-state index contributed by atoms with van der Waals surface area (Å²) < 4.78 is 28.4. The third-order valence-corrected chi connectivity index (χ3v) is 5.01. The maximum atomic E-state index is 13.6. The fraction of sp³-hybridized carbons (Fsp3) is 0.304. The van der Waals surface area contributed by atoms with E-state index < -0.39 is 47.4 Å². The molecule has 1 heterocycles. The molecule has 1 atom stereocenters. The molecule has 3 aromatic rings. The van der Waals surface area contributed by atoms with E-state index in [0.717, 1.165) is 12.1 Å². The molecule has 0 saturated carbocycles. The summed E-state index contributed by atoms with van der Waals surface area (Å²) in [5, 5.41) is 18.6. The SMILES string of the molecule is CC(C)(C)C(NC(=O)c1nn(Cc2ccc(F)c(F)c2)c2ccccc12)C(=O)NCC(=O)O. The molecule has 0 bridgehead atoms. The van der Waals surface area contributed by atoms with Gasteiger partial charge in [-0.15, -0.1) is 0 Å². The van der Waals surface area contributed by atoms with Gasteiger partial charge in [-0.05, 0) is 29.2 Å². The van der Waals surface area contributed by atoms with Gasteiger partial charge in [0.05, 0.1) is 12.1 Å². The van der Waals surface area contributed by atoms with Crippen LogP contribution in [-0.4, -0.2) is 45.3 Å². The fourth-order valence-electron chi connectivity index (χ4n) is 3.37. The molecule has 0 aliphatic heterocycles. The Hall–Kier alpha value is -3.82. The summed E-state index contributed by atoms with van der Waals surface area (Å²) in [5.74, 6) is -4.41. The van der Waals surface area contributed by atoms with Crippen molar-refractivity contribution < 1.29 is 28.3 Å². The molecule has 10 heteroatoms. The number of hydrogen-bond donors (Lipinski definition) is 3. The molecule has 0 radical (unpaired) electrons. The normalized spacial score (nSPS) is 12.4. The van der Waals surface area contributed by atoms with E-state index in [1.165, 1.54) is 10.7 Å². The van der Waals surface area contributed by atoms with Crippen LogP contribution in [0, 0.1) is 17.0 Å². The Morgan fingerprint density at radius 2 is 1.79 bits per heavy atom. The predicted molar refractivity (Wildman–Crippen MR) is 117 cm³/mol. The molecule has 0 aliphatic carbocycles. The maximum Gasteiger partial charge on any atom is 0.322 e. The molecular weight excluding hydrogens is 434 g/mol. The summed E-state index contributed by atoms with van der Waals surface area (Å²) in [7, 11) is 0. The Morgan fingerprint density at radius 1 is 1.09 bits per heavy atom. The molecule has 1 aromatic heterocycles.